The summed E-state index contributed by atoms with van der Waals surface area (Å²) in [6, 6.07) is 8.89. The number of likely N-dealkylation sites (tertiary alicyclic amines) is 1. The van der Waals surface area contributed by atoms with E-state index in [1.807, 2.05) is 6.92 Å². The molecular weight excluding hydrogens is 418 g/mol. The standard InChI is InChI=1S/C24H24ClNO5/c1-13-11-17(23(31-2)18(25)12-13)21(28)19-20(14-7-9-16(27)10-8-14)26(24(30)22(19)29)15-5-3-4-6-15/h7-12,15,20,27-28H,3-6H2,1-2H3/b21-19+. The van der Waals surface area contributed by atoms with Gasteiger partial charge in [0.1, 0.15) is 17.3 Å². The molecule has 2 aromatic rings. The van der Waals surface area contributed by atoms with Crippen LogP contribution < -0.4 is 4.74 Å². The summed E-state index contributed by atoms with van der Waals surface area (Å²) in [5, 5.41) is 21.3. The summed E-state index contributed by atoms with van der Waals surface area (Å²) in [6.45, 7) is 1.82. The molecule has 0 bridgehead atoms. The Hall–Kier alpha value is -2.99. The number of ether oxygens (including phenoxy) is 1. The summed E-state index contributed by atoms with van der Waals surface area (Å²) in [5.41, 5.74) is 1.69. The molecule has 0 radical (unpaired) electrons. The molecular formula is C24H24ClNO5. The first-order valence-corrected chi connectivity index (χ1v) is 10.6. The van der Waals surface area contributed by atoms with Crippen molar-refractivity contribution in [2.75, 3.05) is 7.11 Å². The highest BCUT2D eigenvalue weighted by atomic mass is 35.5. The molecule has 2 N–H and O–H groups in total. The number of ketones is 1. The quantitative estimate of drug-likeness (QED) is 0.407. The molecule has 1 atom stereocenters. The summed E-state index contributed by atoms with van der Waals surface area (Å²) in [4.78, 5) is 27.9. The number of aliphatic hydroxyl groups is 1. The zero-order valence-corrected chi connectivity index (χ0v) is 18.1. The average molecular weight is 442 g/mol. The van der Waals surface area contributed by atoms with Crippen LogP contribution in [0.25, 0.3) is 5.76 Å². The van der Waals surface area contributed by atoms with Gasteiger partial charge in [-0.3, -0.25) is 9.59 Å². The maximum absolute atomic E-state index is 13.2. The van der Waals surface area contributed by atoms with Crippen molar-refractivity contribution in [2.45, 2.75) is 44.7 Å². The first-order valence-electron chi connectivity index (χ1n) is 10.3. The van der Waals surface area contributed by atoms with E-state index in [-0.39, 0.29) is 34.4 Å². The Balaban J connectivity index is 1.95. The van der Waals surface area contributed by atoms with Crippen LogP contribution in [0.15, 0.2) is 42.0 Å². The smallest absolute Gasteiger partial charge is 0.295 e. The van der Waals surface area contributed by atoms with Gasteiger partial charge in [0.05, 0.1) is 29.3 Å². The van der Waals surface area contributed by atoms with Crippen molar-refractivity contribution in [1.29, 1.82) is 0 Å². The van der Waals surface area contributed by atoms with Gasteiger partial charge in [0, 0.05) is 6.04 Å². The number of rotatable bonds is 4. The number of methoxy groups -OCH3 is 1. The molecule has 1 amide bonds. The zero-order chi connectivity index (χ0) is 22.3. The van der Waals surface area contributed by atoms with Crippen LogP contribution in [0.3, 0.4) is 0 Å². The van der Waals surface area contributed by atoms with Crippen molar-refractivity contribution in [2.24, 2.45) is 0 Å². The van der Waals surface area contributed by atoms with Crippen LogP contribution in [0.5, 0.6) is 11.5 Å². The summed E-state index contributed by atoms with van der Waals surface area (Å²) < 4.78 is 5.39. The highest BCUT2D eigenvalue weighted by Gasteiger charge is 2.49. The Morgan fingerprint density at radius 2 is 1.77 bits per heavy atom. The van der Waals surface area contributed by atoms with Gasteiger partial charge in [-0.1, -0.05) is 36.6 Å². The van der Waals surface area contributed by atoms with Crippen LogP contribution >= 0.6 is 11.6 Å². The van der Waals surface area contributed by atoms with Crippen molar-refractivity contribution in [1.82, 2.24) is 4.90 Å². The number of amides is 1. The third-order valence-electron chi connectivity index (χ3n) is 6.05. The number of aromatic hydroxyl groups is 1. The molecule has 0 spiro atoms. The van der Waals surface area contributed by atoms with Crippen LogP contribution in [0.1, 0.15) is 48.4 Å². The number of phenolic OH excluding ortho intramolecular Hbond substituents is 1. The SMILES string of the molecule is COc1c(Cl)cc(C)cc1/C(O)=C1\C(=O)C(=O)N(C2CCCC2)C1c1ccc(O)cc1. The van der Waals surface area contributed by atoms with Crippen molar-refractivity contribution in [3.05, 3.63) is 63.7 Å². The predicted octanol–water partition coefficient (Wildman–Crippen LogP) is 4.73. The average Bonchev–Trinajstić information content (AvgIpc) is 3.35. The minimum atomic E-state index is -0.757. The van der Waals surface area contributed by atoms with Gasteiger partial charge in [0.15, 0.2) is 0 Å². The number of benzene rings is 2. The Morgan fingerprint density at radius 3 is 2.39 bits per heavy atom. The first kappa shape index (κ1) is 21.2. The van der Waals surface area contributed by atoms with E-state index < -0.39 is 17.7 Å². The van der Waals surface area contributed by atoms with Crippen LogP contribution in [-0.2, 0) is 9.59 Å². The Labute approximate surface area is 185 Å². The summed E-state index contributed by atoms with van der Waals surface area (Å²) in [5.74, 6) is -1.36. The monoisotopic (exact) mass is 441 g/mol. The van der Waals surface area contributed by atoms with E-state index in [4.69, 9.17) is 16.3 Å². The van der Waals surface area contributed by atoms with E-state index in [1.54, 1.807) is 29.2 Å². The fourth-order valence-electron chi connectivity index (χ4n) is 4.65. The van der Waals surface area contributed by atoms with Crippen LogP contribution in [0, 0.1) is 6.92 Å². The minimum Gasteiger partial charge on any atom is -0.508 e. The molecule has 1 saturated heterocycles. The maximum atomic E-state index is 13.2. The molecule has 1 unspecified atom stereocenters. The Kier molecular flexibility index (Phi) is 5.67. The molecule has 0 aromatic heterocycles. The van der Waals surface area contributed by atoms with Crippen molar-refractivity contribution in [3.8, 4) is 11.5 Å². The molecule has 7 heteroatoms. The molecule has 1 saturated carbocycles. The largest absolute Gasteiger partial charge is 0.508 e. The number of carbonyl (C=O) groups excluding carboxylic acids is 2. The van der Waals surface area contributed by atoms with Gasteiger partial charge in [0.2, 0.25) is 0 Å². The number of aliphatic hydroxyl groups excluding tert-OH is 1. The number of hydrogen-bond acceptors (Lipinski definition) is 5. The number of Topliss-reactive ketones (excluding diaryl/α,β-unsaturated/α-hetero) is 1. The second kappa shape index (κ2) is 8.27. The third-order valence-corrected chi connectivity index (χ3v) is 6.33. The van der Waals surface area contributed by atoms with Crippen molar-refractivity contribution < 1.29 is 24.5 Å². The fraction of sp³-hybridized carbons (Fsp3) is 0.333. The number of nitrogens with zero attached hydrogens (tertiary/aromatic N) is 1. The van der Waals surface area contributed by atoms with Crippen LogP contribution in [0.4, 0.5) is 0 Å². The van der Waals surface area contributed by atoms with Crippen LogP contribution in [-0.4, -0.2) is 40.0 Å². The van der Waals surface area contributed by atoms with Gasteiger partial charge >= 0.3 is 0 Å². The van der Waals surface area contributed by atoms with Gasteiger partial charge in [-0.05, 0) is 55.2 Å². The first-order chi connectivity index (χ1) is 14.8. The molecule has 1 heterocycles. The van der Waals surface area contributed by atoms with E-state index >= 15 is 0 Å². The molecule has 2 aliphatic rings. The van der Waals surface area contributed by atoms with Crippen molar-refractivity contribution in [3.63, 3.8) is 0 Å². The Morgan fingerprint density at radius 1 is 1.13 bits per heavy atom. The summed E-state index contributed by atoms with van der Waals surface area (Å²) >= 11 is 6.30. The number of halogens is 1. The number of phenols is 1. The molecule has 1 aliphatic heterocycles. The summed E-state index contributed by atoms with van der Waals surface area (Å²) in [7, 11) is 1.43. The van der Waals surface area contributed by atoms with Gasteiger partial charge in [0.25, 0.3) is 11.7 Å². The van der Waals surface area contributed by atoms with E-state index in [2.05, 4.69) is 0 Å². The van der Waals surface area contributed by atoms with E-state index in [0.29, 0.717) is 10.6 Å². The maximum Gasteiger partial charge on any atom is 0.295 e. The molecule has 4 rings (SSSR count). The number of hydrogen-bond donors (Lipinski definition) is 2. The van der Waals surface area contributed by atoms with E-state index in [0.717, 1.165) is 31.2 Å². The molecule has 162 valence electrons. The third kappa shape index (κ3) is 3.65. The number of aryl methyl sites for hydroxylation is 1. The molecule has 31 heavy (non-hydrogen) atoms. The lowest BCUT2D eigenvalue weighted by molar-refractivity contribution is -0.141. The minimum absolute atomic E-state index is 0.00237. The number of carbonyl (C=O) groups is 2. The highest BCUT2D eigenvalue weighted by Crippen LogP contribution is 2.45. The second-order valence-electron chi connectivity index (χ2n) is 8.06. The molecule has 2 aromatic carbocycles. The van der Waals surface area contributed by atoms with Crippen molar-refractivity contribution >= 4 is 29.1 Å². The van der Waals surface area contributed by atoms with Gasteiger partial charge in [-0.15, -0.1) is 0 Å². The van der Waals surface area contributed by atoms with Gasteiger partial charge in [-0.25, -0.2) is 0 Å². The van der Waals surface area contributed by atoms with E-state index in [9.17, 15) is 19.8 Å². The second-order valence-corrected chi connectivity index (χ2v) is 8.47. The lowest BCUT2D eigenvalue weighted by atomic mass is 9.94. The lowest BCUT2D eigenvalue weighted by Crippen LogP contribution is -2.37. The summed E-state index contributed by atoms with van der Waals surface area (Å²) in [6.07, 6.45) is 3.58. The zero-order valence-electron chi connectivity index (χ0n) is 17.4. The predicted molar refractivity (Wildman–Crippen MR) is 117 cm³/mol. The Bertz CT molecular complexity index is 1070. The van der Waals surface area contributed by atoms with Gasteiger partial charge in [-0.2, -0.15) is 0 Å². The molecule has 1 aliphatic carbocycles. The molecule has 2 fully saturated rings. The van der Waals surface area contributed by atoms with Gasteiger partial charge < -0.3 is 19.8 Å². The van der Waals surface area contributed by atoms with Crippen LogP contribution in [0.2, 0.25) is 5.02 Å². The topological polar surface area (TPSA) is 87.1 Å². The van der Waals surface area contributed by atoms with E-state index in [1.165, 1.54) is 19.2 Å². The fourth-order valence-corrected chi connectivity index (χ4v) is 5.00. The highest BCUT2D eigenvalue weighted by molar-refractivity contribution is 6.46. The lowest BCUT2D eigenvalue weighted by Gasteiger charge is -2.30. The molecule has 6 nitrogen and oxygen atoms in total. The normalized spacial score (nSPS) is 21.1.